The van der Waals surface area contributed by atoms with Gasteiger partial charge in [0.05, 0.1) is 6.10 Å². The van der Waals surface area contributed by atoms with Crippen LogP contribution in [0.1, 0.15) is 30.3 Å². The average Bonchev–Trinajstić information content (AvgIpc) is 2.39. The lowest BCUT2D eigenvalue weighted by atomic mass is 10.1. The van der Waals surface area contributed by atoms with Gasteiger partial charge in [-0.05, 0) is 25.8 Å². The van der Waals surface area contributed by atoms with E-state index in [1.807, 2.05) is 6.92 Å². The molecular weight excluding hydrogens is 232 g/mol. The maximum atomic E-state index is 12.2. The second kappa shape index (κ2) is 5.82. The number of aromatic nitrogens is 1. The fourth-order valence-electron chi connectivity index (χ4n) is 2.24. The van der Waals surface area contributed by atoms with E-state index in [2.05, 4.69) is 4.98 Å². The predicted molar refractivity (Wildman–Crippen MR) is 67.6 cm³/mol. The first-order valence-electron chi connectivity index (χ1n) is 6.31. The van der Waals surface area contributed by atoms with Crippen LogP contribution in [0.15, 0.2) is 23.0 Å². The van der Waals surface area contributed by atoms with Gasteiger partial charge in [-0.25, -0.2) is 0 Å². The highest BCUT2D eigenvalue weighted by Crippen LogP contribution is 2.15. The average molecular weight is 250 g/mol. The monoisotopic (exact) mass is 250 g/mol. The van der Waals surface area contributed by atoms with Gasteiger partial charge < -0.3 is 14.6 Å². The lowest BCUT2D eigenvalue weighted by Crippen LogP contribution is -2.43. The van der Waals surface area contributed by atoms with Gasteiger partial charge in [0.2, 0.25) is 5.56 Å². The fourth-order valence-corrected chi connectivity index (χ4v) is 2.24. The van der Waals surface area contributed by atoms with Gasteiger partial charge in [-0.2, -0.15) is 0 Å². The van der Waals surface area contributed by atoms with Crippen molar-refractivity contribution in [2.24, 2.45) is 0 Å². The second-order valence-electron chi connectivity index (χ2n) is 4.40. The van der Waals surface area contributed by atoms with Gasteiger partial charge in [0.15, 0.2) is 0 Å². The molecule has 2 heterocycles. The van der Waals surface area contributed by atoms with Crippen molar-refractivity contribution in [2.45, 2.75) is 25.9 Å². The molecule has 0 spiro atoms. The third-order valence-corrected chi connectivity index (χ3v) is 3.07. The molecule has 18 heavy (non-hydrogen) atoms. The number of carbonyl (C=O) groups excluding carboxylic acids is 1. The van der Waals surface area contributed by atoms with Crippen LogP contribution in [0.25, 0.3) is 0 Å². The van der Waals surface area contributed by atoms with Crippen LogP contribution in [-0.2, 0) is 4.74 Å². The minimum atomic E-state index is -0.251. The summed E-state index contributed by atoms with van der Waals surface area (Å²) >= 11 is 0. The Morgan fingerprint density at radius 2 is 2.39 bits per heavy atom. The van der Waals surface area contributed by atoms with Crippen molar-refractivity contribution in [1.29, 1.82) is 0 Å². The largest absolute Gasteiger partial charge is 0.377 e. The second-order valence-corrected chi connectivity index (χ2v) is 4.40. The number of pyridine rings is 1. The summed E-state index contributed by atoms with van der Waals surface area (Å²) in [6.07, 6.45) is 2.04. The Morgan fingerprint density at radius 1 is 1.56 bits per heavy atom. The van der Waals surface area contributed by atoms with E-state index in [4.69, 9.17) is 4.74 Å². The van der Waals surface area contributed by atoms with E-state index in [1.54, 1.807) is 17.0 Å². The molecular formula is C13H18N2O3. The van der Waals surface area contributed by atoms with E-state index in [0.29, 0.717) is 18.8 Å². The molecule has 1 aliphatic rings. The fraction of sp³-hybridized carbons (Fsp3) is 0.538. The van der Waals surface area contributed by atoms with Crippen LogP contribution in [0.2, 0.25) is 0 Å². The van der Waals surface area contributed by atoms with E-state index in [1.165, 1.54) is 6.07 Å². The van der Waals surface area contributed by atoms with Crippen molar-refractivity contribution >= 4 is 5.91 Å². The number of carbonyl (C=O) groups is 1. The van der Waals surface area contributed by atoms with Crippen molar-refractivity contribution in [3.8, 4) is 0 Å². The minimum Gasteiger partial charge on any atom is -0.377 e. The minimum absolute atomic E-state index is 0.114. The van der Waals surface area contributed by atoms with Gasteiger partial charge in [0, 0.05) is 25.8 Å². The van der Waals surface area contributed by atoms with Crippen LogP contribution in [-0.4, -0.2) is 41.6 Å². The number of piperidine rings is 1. The maximum Gasteiger partial charge on any atom is 0.270 e. The van der Waals surface area contributed by atoms with Gasteiger partial charge >= 0.3 is 0 Å². The lowest BCUT2D eigenvalue weighted by molar-refractivity contribution is 0.00702. The molecule has 5 nitrogen and oxygen atoms in total. The summed E-state index contributed by atoms with van der Waals surface area (Å²) in [6.45, 7) is 3.94. The number of nitrogens with one attached hydrogen (secondary N) is 1. The molecule has 0 bridgehead atoms. The summed E-state index contributed by atoms with van der Waals surface area (Å²) in [5.41, 5.74) is 0.0962. The van der Waals surface area contributed by atoms with Gasteiger partial charge in [-0.15, -0.1) is 0 Å². The molecule has 1 fully saturated rings. The van der Waals surface area contributed by atoms with E-state index in [9.17, 15) is 9.59 Å². The molecule has 0 aromatic carbocycles. The summed E-state index contributed by atoms with van der Waals surface area (Å²) in [7, 11) is 0. The highest BCUT2D eigenvalue weighted by atomic mass is 16.5. The molecule has 2 rings (SSSR count). The van der Waals surface area contributed by atoms with Gasteiger partial charge in [0.1, 0.15) is 5.69 Å². The van der Waals surface area contributed by atoms with Crippen LogP contribution in [0.5, 0.6) is 0 Å². The van der Waals surface area contributed by atoms with E-state index < -0.39 is 0 Å². The van der Waals surface area contributed by atoms with Crippen molar-refractivity contribution in [3.63, 3.8) is 0 Å². The number of hydrogen-bond acceptors (Lipinski definition) is 3. The number of ether oxygens (including phenoxy) is 1. The summed E-state index contributed by atoms with van der Waals surface area (Å²) in [6, 6.07) is 4.63. The maximum absolute atomic E-state index is 12.2. The molecule has 0 saturated carbocycles. The molecule has 0 radical (unpaired) electrons. The zero-order chi connectivity index (χ0) is 13.0. The Morgan fingerprint density at radius 3 is 3.11 bits per heavy atom. The Labute approximate surface area is 106 Å². The Kier molecular flexibility index (Phi) is 4.15. The Balaban J connectivity index is 2.06. The number of likely N-dealkylation sites (tertiary alicyclic amines) is 1. The quantitative estimate of drug-likeness (QED) is 0.871. The van der Waals surface area contributed by atoms with E-state index >= 15 is 0 Å². The molecule has 1 amide bonds. The smallest absolute Gasteiger partial charge is 0.270 e. The van der Waals surface area contributed by atoms with Gasteiger partial charge in [0.25, 0.3) is 5.91 Å². The number of amides is 1. The first-order chi connectivity index (χ1) is 8.70. The number of rotatable bonds is 3. The highest BCUT2D eigenvalue weighted by molar-refractivity contribution is 5.92. The summed E-state index contributed by atoms with van der Waals surface area (Å²) in [4.78, 5) is 27.7. The van der Waals surface area contributed by atoms with Crippen LogP contribution in [0.4, 0.5) is 0 Å². The molecule has 1 saturated heterocycles. The number of H-pyrrole nitrogens is 1. The SMILES string of the molecule is CCOC1CCCN(C(=O)c2cccc(=O)[nH]2)C1. The summed E-state index contributed by atoms with van der Waals surface area (Å²) in [5, 5.41) is 0. The van der Waals surface area contributed by atoms with Crippen LogP contribution in [0.3, 0.4) is 0 Å². The molecule has 1 atom stereocenters. The molecule has 0 aliphatic carbocycles. The van der Waals surface area contributed by atoms with Crippen molar-refractivity contribution < 1.29 is 9.53 Å². The Hall–Kier alpha value is -1.62. The topological polar surface area (TPSA) is 62.4 Å². The molecule has 1 unspecified atom stereocenters. The molecule has 5 heteroatoms. The van der Waals surface area contributed by atoms with Gasteiger partial charge in [-0.3, -0.25) is 9.59 Å². The molecule has 98 valence electrons. The molecule has 1 N–H and O–H groups in total. The summed E-state index contributed by atoms with van der Waals surface area (Å²) in [5.74, 6) is -0.128. The van der Waals surface area contributed by atoms with Crippen LogP contribution >= 0.6 is 0 Å². The van der Waals surface area contributed by atoms with Crippen LogP contribution < -0.4 is 5.56 Å². The molecule has 1 aliphatic heterocycles. The Bertz CT molecular complexity index is 467. The van der Waals surface area contributed by atoms with Gasteiger partial charge in [-0.1, -0.05) is 6.07 Å². The third-order valence-electron chi connectivity index (χ3n) is 3.07. The van der Waals surface area contributed by atoms with E-state index in [-0.39, 0.29) is 17.6 Å². The number of nitrogens with zero attached hydrogens (tertiary/aromatic N) is 1. The number of aromatic amines is 1. The van der Waals surface area contributed by atoms with Crippen LogP contribution in [0, 0.1) is 0 Å². The molecule has 1 aromatic heterocycles. The van der Waals surface area contributed by atoms with E-state index in [0.717, 1.165) is 19.4 Å². The molecule has 1 aromatic rings. The zero-order valence-corrected chi connectivity index (χ0v) is 10.5. The first-order valence-corrected chi connectivity index (χ1v) is 6.31. The standard InChI is InChI=1S/C13H18N2O3/c1-2-18-10-5-4-8-15(9-10)13(17)11-6-3-7-12(16)14-11/h3,6-7,10H,2,4-5,8-9H2,1H3,(H,14,16). The lowest BCUT2D eigenvalue weighted by Gasteiger charge is -2.32. The third kappa shape index (κ3) is 2.98. The zero-order valence-electron chi connectivity index (χ0n) is 10.5. The number of hydrogen-bond donors (Lipinski definition) is 1. The normalized spacial score (nSPS) is 19.8. The summed E-state index contributed by atoms with van der Waals surface area (Å²) < 4.78 is 5.56. The van der Waals surface area contributed by atoms with Crippen molar-refractivity contribution in [1.82, 2.24) is 9.88 Å². The van der Waals surface area contributed by atoms with Crippen molar-refractivity contribution in [2.75, 3.05) is 19.7 Å². The van der Waals surface area contributed by atoms with Crippen molar-refractivity contribution in [3.05, 3.63) is 34.2 Å². The predicted octanol–water partition coefficient (Wildman–Crippen LogP) is 1.02. The highest BCUT2D eigenvalue weighted by Gasteiger charge is 2.24. The first kappa shape index (κ1) is 12.8.